The molecule has 0 unspecified atom stereocenters. The summed E-state index contributed by atoms with van der Waals surface area (Å²) in [5, 5.41) is 5.06. The predicted octanol–water partition coefficient (Wildman–Crippen LogP) is 11.5. The van der Waals surface area contributed by atoms with Gasteiger partial charge in [-0.05, 0) is 113 Å². The number of pyridine rings is 2. The number of benzene rings is 3. The Kier molecular flexibility index (Phi) is 10.6. The summed E-state index contributed by atoms with van der Waals surface area (Å²) in [5.74, 6) is 0. The molecule has 0 N–H and O–H groups in total. The monoisotopic (exact) mass is 572 g/mol. The smallest absolute Gasteiger partial charge is 0.0893 e. The van der Waals surface area contributed by atoms with Crippen molar-refractivity contribution in [1.29, 1.82) is 0 Å². The van der Waals surface area contributed by atoms with Crippen LogP contribution in [0, 0.1) is 0 Å². The average molecular weight is 573 g/mol. The first-order valence-corrected chi connectivity index (χ1v) is 15.4. The fourth-order valence-corrected chi connectivity index (χ4v) is 5.68. The molecule has 3 aromatic carbocycles. The van der Waals surface area contributed by atoms with E-state index < -0.39 is 0 Å². The van der Waals surface area contributed by atoms with E-state index >= 15 is 0 Å². The fourth-order valence-electron chi connectivity index (χ4n) is 5.68. The number of aromatic nitrogens is 2. The van der Waals surface area contributed by atoms with Crippen molar-refractivity contribution in [2.75, 3.05) is 0 Å². The van der Waals surface area contributed by atoms with E-state index in [0.29, 0.717) is 0 Å². The Balaban J connectivity index is 1.53. The molecule has 0 saturated heterocycles. The molecule has 44 heavy (non-hydrogen) atoms. The molecule has 5 rings (SSSR count). The molecule has 0 aliphatic carbocycles. The van der Waals surface area contributed by atoms with Gasteiger partial charge >= 0.3 is 0 Å². The van der Waals surface area contributed by atoms with E-state index in [0.717, 1.165) is 60.3 Å². The van der Waals surface area contributed by atoms with Gasteiger partial charge in [0.15, 0.2) is 0 Å². The normalized spacial score (nSPS) is 12.5. The Morgan fingerprint density at radius 1 is 0.705 bits per heavy atom. The third kappa shape index (κ3) is 7.27. The van der Waals surface area contributed by atoms with Crippen molar-refractivity contribution in [1.82, 2.24) is 9.97 Å². The lowest BCUT2D eigenvalue weighted by atomic mass is 9.86. The molecule has 0 spiro atoms. The molecular weight excluding hydrogens is 532 g/mol. The highest BCUT2D eigenvalue weighted by Crippen LogP contribution is 2.38. The van der Waals surface area contributed by atoms with E-state index in [1.807, 2.05) is 42.5 Å². The van der Waals surface area contributed by atoms with E-state index in [1.54, 1.807) is 6.20 Å². The Hall–Kier alpha value is -5.08. The number of fused-ring (bicyclic) bond motifs is 2. The standard InChI is InChI=1S/C42H40N2/c1-4-6-7-8-9-10-11-12-13-22-34-35-23-14-16-25-37(35)42(38-26-17-15-24-36(34)38)33(21-5-2)31-32(3)39-28-20-29-41(44-39)40-27-18-19-30-43-40/h4-5,7-8,12-21,23-31H,1-2,6,9-11,22H2,3H3/b8-7-,13-12-,32-31+,33-21+. The molecule has 218 valence electrons. The zero-order valence-electron chi connectivity index (χ0n) is 25.6. The molecule has 0 bridgehead atoms. The molecule has 0 amide bonds. The maximum absolute atomic E-state index is 4.96. The zero-order valence-corrected chi connectivity index (χ0v) is 25.6. The van der Waals surface area contributed by atoms with Crippen molar-refractivity contribution < 1.29 is 0 Å². The van der Waals surface area contributed by atoms with Crippen molar-refractivity contribution in [2.45, 2.75) is 39.0 Å². The second-order valence-corrected chi connectivity index (χ2v) is 10.9. The summed E-state index contributed by atoms with van der Waals surface area (Å²) in [6, 6.07) is 29.6. The molecule has 5 aromatic rings. The van der Waals surface area contributed by atoms with Gasteiger partial charge in [0.1, 0.15) is 0 Å². The molecule has 0 saturated carbocycles. The molecule has 0 fully saturated rings. The maximum atomic E-state index is 4.96. The number of rotatable bonds is 13. The highest BCUT2D eigenvalue weighted by atomic mass is 14.8. The predicted molar refractivity (Wildman–Crippen MR) is 191 cm³/mol. The first kappa shape index (κ1) is 30.4. The van der Waals surface area contributed by atoms with Crippen molar-refractivity contribution in [3.05, 3.63) is 170 Å². The fraction of sp³-hybridized carbons (Fsp3) is 0.143. The number of hydrogen-bond donors (Lipinski definition) is 0. The molecule has 2 heterocycles. The first-order chi connectivity index (χ1) is 21.7. The van der Waals surface area contributed by atoms with Crippen LogP contribution in [0.15, 0.2) is 153 Å². The van der Waals surface area contributed by atoms with Crippen LogP contribution in [0.5, 0.6) is 0 Å². The Morgan fingerprint density at radius 3 is 2.02 bits per heavy atom. The highest BCUT2D eigenvalue weighted by molar-refractivity contribution is 6.13. The molecule has 0 aliphatic heterocycles. The quantitative estimate of drug-likeness (QED) is 0.0607. The van der Waals surface area contributed by atoms with Crippen molar-refractivity contribution >= 4 is 32.7 Å². The third-order valence-electron chi connectivity index (χ3n) is 7.78. The Labute approximate surface area is 262 Å². The van der Waals surface area contributed by atoms with Crippen LogP contribution in [-0.2, 0) is 6.42 Å². The van der Waals surface area contributed by atoms with E-state index in [1.165, 1.54) is 32.7 Å². The zero-order chi connectivity index (χ0) is 30.6. The van der Waals surface area contributed by atoms with Gasteiger partial charge in [-0.2, -0.15) is 0 Å². The van der Waals surface area contributed by atoms with E-state index in [9.17, 15) is 0 Å². The molecule has 2 nitrogen and oxygen atoms in total. The van der Waals surface area contributed by atoms with Gasteiger partial charge in [-0.1, -0.05) is 110 Å². The summed E-state index contributed by atoms with van der Waals surface area (Å²) in [4.78, 5) is 9.46. The Bertz CT molecular complexity index is 1810. The molecule has 0 atom stereocenters. The largest absolute Gasteiger partial charge is 0.255 e. The summed E-state index contributed by atoms with van der Waals surface area (Å²) in [5.41, 5.74) is 7.43. The summed E-state index contributed by atoms with van der Waals surface area (Å²) in [6.45, 7) is 9.98. The second-order valence-electron chi connectivity index (χ2n) is 10.9. The average Bonchev–Trinajstić information content (AvgIpc) is 3.07. The Morgan fingerprint density at radius 2 is 1.36 bits per heavy atom. The lowest BCUT2D eigenvalue weighted by molar-refractivity contribution is 0.863. The third-order valence-corrected chi connectivity index (χ3v) is 7.78. The molecule has 2 heteroatoms. The van der Waals surface area contributed by atoms with Gasteiger partial charge < -0.3 is 0 Å². The van der Waals surface area contributed by atoms with Crippen LogP contribution in [0.3, 0.4) is 0 Å². The lowest BCUT2D eigenvalue weighted by Gasteiger charge is -2.17. The second kappa shape index (κ2) is 15.4. The van der Waals surface area contributed by atoms with Crippen LogP contribution in [0.2, 0.25) is 0 Å². The van der Waals surface area contributed by atoms with Crippen LogP contribution in [0.25, 0.3) is 44.1 Å². The molecule has 0 radical (unpaired) electrons. The number of hydrogen-bond acceptors (Lipinski definition) is 2. The number of nitrogens with zero attached hydrogens (tertiary/aromatic N) is 2. The molecule has 2 aromatic heterocycles. The van der Waals surface area contributed by atoms with E-state index in [2.05, 4.69) is 116 Å². The minimum Gasteiger partial charge on any atom is -0.255 e. The highest BCUT2D eigenvalue weighted by Gasteiger charge is 2.15. The molecular formula is C42H40N2. The van der Waals surface area contributed by atoms with Gasteiger partial charge in [-0.3, -0.25) is 4.98 Å². The SMILES string of the molecule is C=C/C=C(\C=C(/C)c1cccc(-c2ccccn2)n1)c1c2ccccc2c(C/C=C\CCC/C=C\CC=C)c2ccccc12. The maximum Gasteiger partial charge on any atom is 0.0893 e. The van der Waals surface area contributed by atoms with Gasteiger partial charge in [0, 0.05) is 6.20 Å². The van der Waals surface area contributed by atoms with Crippen LogP contribution in [-0.4, -0.2) is 9.97 Å². The van der Waals surface area contributed by atoms with Gasteiger partial charge in [0.05, 0.1) is 17.1 Å². The van der Waals surface area contributed by atoms with Gasteiger partial charge in [-0.25, -0.2) is 4.98 Å². The molecule has 0 aliphatic rings. The van der Waals surface area contributed by atoms with Crippen LogP contribution < -0.4 is 0 Å². The van der Waals surface area contributed by atoms with Crippen molar-refractivity contribution in [2.24, 2.45) is 0 Å². The topological polar surface area (TPSA) is 25.8 Å². The first-order valence-electron chi connectivity index (χ1n) is 15.4. The summed E-state index contributed by atoms with van der Waals surface area (Å²) in [6.07, 6.45) is 24.3. The van der Waals surface area contributed by atoms with Crippen molar-refractivity contribution in [3.63, 3.8) is 0 Å². The van der Waals surface area contributed by atoms with Gasteiger partial charge in [0.25, 0.3) is 0 Å². The lowest BCUT2D eigenvalue weighted by Crippen LogP contribution is -1.96. The number of allylic oxidation sites excluding steroid dienone is 10. The van der Waals surface area contributed by atoms with Crippen molar-refractivity contribution in [3.8, 4) is 11.4 Å². The van der Waals surface area contributed by atoms with Crippen LogP contribution in [0.4, 0.5) is 0 Å². The van der Waals surface area contributed by atoms with E-state index in [-0.39, 0.29) is 0 Å². The summed E-state index contributed by atoms with van der Waals surface area (Å²) in [7, 11) is 0. The minimum absolute atomic E-state index is 0.863. The van der Waals surface area contributed by atoms with Gasteiger partial charge in [-0.15, -0.1) is 6.58 Å². The minimum atomic E-state index is 0.863. The number of unbranched alkanes of at least 4 members (excludes halogenated alkanes) is 2. The van der Waals surface area contributed by atoms with Gasteiger partial charge in [0.2, 0.25) is 0 Å². The summed E-state index contributed by atoms with van der Waals surface area (Å²) < 4.78 is 0. The van der Waals surface area contributed by atoms with Crippen LogP contribution >= 0.6 is 0 Å². The van der Waals surface area contributed by atoms with E-state index in [4.69, 9.17) is 4.98 Å². The van der Waals surface area contributed by atoms with Crippen LogP contribution in [0.1, 0.15) is 49.4 Å². The summed E-state index contributed by atoms with van der Waals surface area (Å²) >= 11 is 0.